The van der Waals surface area contributed by atoms with Crippen LogP contribution >= 0.6 is 0 Å². The van der Waals surface area contributed by atoms with Gasteiger partial charge in [-0.15, -0.1) is 0 Å². The molecule has 2 bridgehead atoms. The monoisotopic (exact) mass is 460 g/mol. The van der Waals surface area contributed by atoms with E-state index in [0.717, 1.165) is 25.0 Å². The normalized spacial score (nSPS) is 28.5. The predicted octanol–water partition coefficient (Wildman–Crippen LogP) is 4.11. The van der Waals surface area contributed by atoms with E-state index in [1.54, 1.807) is 0 Å². The largest absolute Gasteiger partial charge is 0.748 e. The second kappa shape index (κ2) is 9.62. The summed E-state index contributed by atoms with van der Waals surface area (Å²) in [6, 6.07) is 0. The molecule has 0 heterocycles. The van der Waals surface area contributed by atoms with Gasteiger partial charge in [-0.1, -0.05) is 26.7 Å². The Kier molecular flexibility index (Phi) is 8.29. The maximum Gasteiger partial charge on any atom is 0.184 e. The molecule has 30 heavy (non-hydrogen) atoms. The van der Waals surface area contributed by atoms with Crippen LogP contribution in [0.2, 0.25) is 0 Å². The fraction of sp³-hybridized carbons (Fsp3) is 0.913. The molecule has 5 nitrogen and oxygen atoms in total. The first-order chi connectivity index (χ1) is 13.7. The number of rotatable bonds is 7. The van der Waals surface area contributed by atoms with Crippen molar-refractivity contribution in [2.75, 3.05) is 11.5 Å². The Morgan fingerprint density at radius 2 is 1.63 bits per heavy atom. The fourth-order valence-electron chi connectivity index (χ4n) is 5.82. The van der Waals surface area contributed by atoms with Gasteiger partial charge in [0.05, 0.1) is 15.9 Å². The summed E-state index contributed by atoms with van der Waals surface area (Å²) in [4.78, 5) is 23.9. The molecule has 0 saturated heterocycles. The van der Waals surface area contributed by atoms with Crippen LogP contribution in [0.5, 0.6) is 0 Å². The van der Waals surface area contributed by atoms with Gasteiger partial charge in [0.1, 0.15) is 16.3 Å². The predicted molar refractivity (Wildman–Crippen MR) is 123 cm³/mol. The molecule has 174 valence electrons. The molecule has 3 saturated carbocycles. The topological polar surface area (TPSA) is 91.3 Å². The zero-order chi connectivity index (χ0) is 22.9. The van der Waals surface area contributed by atoms with Crippen LogP contribution in [0, 0.1) is 22.7 Å². The van der Waals surface area contributed by atoms with Gasteiger partial charge in [-0.05, 0) is 75.6 Å². The first-order valence-electron chi connectivity index (χ1n) is 11.4. The van der Waals surface area contributed by atoms with Crippen LogP contribution in [0.25, 0.3) is 0 Å². The first-order valence-corrected chi connectivity index (χ1v) is 14.5. The molecule has 0 spiro atoms. The van der Waals surface area contributed by atoms with Crippen molar-refractivity contribution in [3.63, 3.8) is 0 Å². The summed E-state index contributed by atoms with van der Waals surface area (Å²) in [7, 11) is -4.03. The summed E-state index contributed by atoms with van der Waals surface area (Å²) in [6.07, 6.45) is 6.74. The summed E-state index contributed by atoms with van der Waals surface area (Å²) in [5, 5.41) is 1.32. The number of Topliss-reactive ketones (excluding diaryl/α,β-unsaturated/α-hetero) is 2. The lowest BCUT2D eigenvalue weighted by Crippen LogP contribution is -2.42. The van der Waals surface area contributed by atoms with E-state index in [4.69, 9.17) is 0 Å². The van der Waals surface area contributed by atoms with Gasteiger partial charge >= 0.3 is 0 Å². The highest BCUT2D eigenvalue weighted by atomic mass is 32.2. The Morgan fingerprint density at radius 3 is 2.00 bits per heavy atom. The van der Waals surface area contributed by atoms with Gasteiger partial charge in [0.25, 0.3) is 0 Å². The summed E-state index contributed by atoms with van der Waals surface area (Å²) in [6.45, 7) is 12.9. The Bertz CT molecular complexity index is 727. The number of fused-ring (bicyclic) bond motifs is 2. The highest BCUT2D eigenvalue weighted by molar-refractivity contribution is 7.98. The van der Waals surface area contributed by atoms with Crippen molar-refractivity contribution in [3.8, 4) is 0 Å². The maximum atomic E-state index is 12.1. The Labute approximate surface area is 186 Å². The van der Waals surface area contributed by atoms with E-state index in [1.807, 2.05) is 13.8 Å². The van der Waals surface area contributed by atoms with Gasteiger partial charge < -0.3 is 4.55 Å². The molecule has 3 rings (SSSR count). The van der Waals surface area contributed by atoms with Crippen LogP contribution in [-0.2, 0) is 30.6 Å². The van der Waals surface area contributed by atoms with Crippen molar-refractivity contribution < 1.29 is 22.6 Å². The lowest BCUT2D eigenvalue weighted by atomic mass is 9.70. The van der Waals surface area contributed by atoms with Crippen LogP contribution < -0.4 is 0 Å². The second-order valence-electron chi connectivity index (χ2n) is 10.5. The molecule has 0 radical (unpaired) electrons. The molecule has 2 unspecified atom stereocenters. The molecule has 0 amide bonds. The molecule has 7 heteroatoms. The van der Waals surface area contributed by atoms with E-state index in [-0.39, 0.29) is 17.1 Å². The zero-order valence-electron chi connectivity index (χ0n) is 19.5. The summed E-state index contributed by atoms with van der Waals surface area (Å²) >= 11 is 0. The minimum absolute atomic E-state index is 0.0248. The summed E-state index contributed by atoms with van der Waals surface area (Å²) in [5.41, 5.74) is -1.22. The van der Waals surface area contributed by atoms with E-state index in [9.17, 15) is 22.6 Å². The Morgan fingerprint density at radius 1 is 1.10 bits per heavy atom. The molecule has 0 N–H and O–H groups in total. The third-order valence-electron chi connectivity index (χ3n) is 7.89. The maximum absolute atomic E-state index is 12.1. The van der Waals surface area contributed by atoms with E-state index in [2.05, 4.69) is 27.7 Å². The van der Waals surface area contributed by atoms with Gasteiger partial charge in [0.2, 0.25) is 0 Å². The molecule has 3 aliphatic carbocycles. The molecular formula is C23H40O5S2. The number of hydrogen-bond donors (Lipinski definition) is 0. The highest BCUT2D eigenvalue weighted by Gasteiger charge is 2.64. The van der Waals surface area contributed by atoms with Crippen molar-refractivity contribution in [2.24, 2.45) is 22.7 Å². The van der Waals surface area contributed by atoms with Crippen molar-refractivity contribution in [1.29, 1.82) is 0 Å². The van der Waals surface area contributed by atoms with Gasteiger partial charge in [0, 0.05) is 17.8 Å². The SMILES string of the molecule is CC(C)[S+](CC(=O)C1CCCC1)C(C)C.CC1(C)C2CCC1(CS(=O)(=O)[O-])C(=O)C2. The number of hydrogen-bond acceptors (Lipinski definition) is 5. The van der Waals surface area contributed by atoms with Gasteiger partial charge in [-0.2, -0.15) is 0 Å². The highest BCUT2D eigenvalue weighted by Crippen LogP contribution is 2.64. The van der Waals surface area contributed by atoms with Gasteiger partial charge in [-0.3, -0.25) is 9.59 Å². The standard InChI is InChI=1S/C13H25OS.C10H16O4S/c1-10(2)15(11(3)4)9-13(14)12-7-5-6-8-12;1-9(2)7-3-4-10(9,8(11)5-7)6-15(12,13)14/h10-12H,5-9H2,1-4H3;7H,3-6H2,1-2H3,(H,12,13,14)/q+1;/p-1. The van der Waals surface area contributed by atoms with E-state index < -0.39 is 21.3 Å². The van der Waals surface area contributed by atoms with Crippen LogP contribution in [0.1, 0.15) is 86.5 Å². The van der Waals surface area contributed by atoms with Crippen molar-refractivity contribution in [2.45, 2.75) is 97.0 Å². The number of carbonyl (C=O) groups is 2. The molecule has 0 aliphatic heterocycles. The smallest absolute Gasteiger partial charge is 0.184 e. The Hall–Kier alpha value is -0.400. The zero-order valence-corrected chi connectivity index (χ0v) is 21.2. The number of ketones is 2. The van der Waals surface area contributed by atoms with Crippen LogP contribution in [0.15, 0.2) is 0 Å². The van der Waals surface area contributed by atoms with Crippen LogP contribution in [-0.4, -0.2) is 46.5 Å². The minimum atomic E-state index is -4.33. The van der Waals surface area contributed by atoms with Crippen molar-refractivity contribution >= 4 is 32.6 Å². The quantitative estimate of drug-likeness (QED) is 0.421. The fourth-order valence-corrected chi connectivity index (χ4v) is 9.42. The van der Waals surface area contributed by atoms with Crippen molar-refractivity contribution in [3.05, 3.63) is 0 Å². The molecule has 0 aromatic heterocycles. The molecule has 2 atom stereocenters. The van der Waals surface area contributed by atoms with E-state index >= 15 is 0 Å². The van der Waals surface area contributed by atoms with E-state index in [1.165, 1.54) is 12.8 Å². The van der Waals surface area contributed by atoms with Crippen molar-refractivity contribution in [1.82, 2.24) is 0 Å². The number of carbonyl (C=O) groups excluding carboxylic acids is 2. The minimum Gasteiger partial charge on any atom is -0.748 e. The molecule has 3 fully saturated rings. The molecule has 0 aromatic carbocycles. The summed E-state index contributed by atoms with van der Waals surface area (Å²) < 4.78 is 32.7. The third kappa shape index (κ3) is 5.50. The third-order valence-corrected chi connectivity index (χ3v) is 11.8. The lowest BCUT2D eigenvalue weighted by molar-refractivity contribution is -0.128. The van der Waals surface area contributed by atoms with Gasteiger partial charge in [-0.25, -0.2) is 8.42 Å². The van der Waals surface area contributed by atoms with E-state index in [0.29, 0.717) is 45.9 Å². The average Bonchev–Trinajstić information content (AvgIpc) is 3.25. The lowest BCUT2D eigenvalue weighted by Gasteiger charge is -2.37. The average molecular weight is 461 g/mol. The second-order valence-corrected chi connectivity index (χ2v) is 15.0. The molecule has 0 aromatic rings. The van der Waals surface area contributed by atoms with Gasteiger partial charge in [0.15, 0.2) is 11.5 Å². The first kappa shape index (κ1) is 25.9. The Balaban J connectivity index is 0.000000214. The molecule has 3 aliphatic rings. The van der Waals surface area contributed by atoms with Crippen LogP contribution in [0.4, 0.5) is 0 Å². The molecular weight excluding hydrogens is 420 g/mol. The summed E-state index contributed by atoms with van der Waals surface area (Å²) in [5.74, 6) is 1.54. The van der Waals surface area contributed by atoms with Crippen LogP contribution in [0.3, 0.4) is 0 Å².